The number of amides is 1. The number of carbonyl (C=O) groups is 2. The number of ether oxygens (including phenoxy) is 1. The van der Waals surface area contributed by atoms with Crippen LogP contribution in [0, 0.1) is 0 Å². The smallest absolute Gasteiger partial charge is 0.325 e. The first-order valence-electron chi connectivity index (χ1n) is 6.31. The van der Waals surface area contributed by atoms with Crippen molar-refractivity contribution in [2.24, 2.45) is 7.05 Å². The normalized spacial score (nSPS) is 10.6. The minimum atomic E-state index is -0.431. The molecule has 0 unspecified atom stereocenters. The van der Waals surface area contributed by atoms with E-state index in [0.717, 1.165) is 12.1 Å². The first-order valence-corrected chi connectivity index (χ1v) is 6.31. The van der Waals surface area contributed by atoms with E-state index >= 15 is 0 Å². The third-order valence-corrected chi connectivity index (χ3v) is 2.92. The molecule has 0 fully saturated rings. The van der Waals surface area contributed by atoms with Gasteiger partial charge in [-0.15, -0.1) is 0 Å². The lowest BCUT2D eigenvalue weighted by Gasteiger charge is -2.25. The number of esters is 1. The van der Waals surface area contributed by atoms with Crippen LogP contribution in [0.1, 0.15) is 37.0 Å². The van der Waals surface area contributed by atoms with Gasteiger partial charge in [0.05, 0.1) is 12.8 Å². The monoisotopic (exact) mass is 267 g/mol. The number of nitrogens with zero attached hydrogens (tertiary/aromatic N) is 3. The molecule has 106 valence electrons. The van der Waals surface area contributed by atoms with Gasteiger partial charge < -0.3 is 9.64 Å². The maximum absolute atomic E-state index is 12.4. The second-order valence-corrected chi connectivity index (χ2v) is 4.60. The Hall–Kier alpha value is -1.85. The largest absolute Gasteiger partial charge is 0.468 e. The van der Waals surface area contributed by atoms with E-state index in [9.17, 15) is 9.59 Å². The van der Waals surface area contributed by atoms with Crippen LogP contribution in [0.4, 0.5) is 0 Å². The third kappa shape index (κ3) is 3.56. The molecule has 0 radical (unpaired) electrons. The summed E-state index contributed by atoms with van der Waals surface area (Å²) in [5, 5.41) is 4.24. The van der Waals surface area contributed by atoms with E-state index in [0.29, 0.717) is 5.69 Å². The standard InChI is InChI=1S/C13H21N3O3/c1-6-10-7-11(15(4)14-10)13(18)16(9(2)3)8-12(17)19-5/h7,9H,6,8H2,1-5H3. The Bertz CT molecular complexity index is 466. The van der Waals surface area contributed by atoms with Gasteiger partial charge in [-0.25, -0.2) is 0 Å². The molecule has 0 atom stereocenters. The number of aromatic nitrogens is 2. The van der Waals surface area contributed by atoms with Crippen LogP contribution in [0.15, 0.2) is 6.07 Å². The molecule has 0 saturated carbocycles. The van der Waals surface area contributed by atoms with Crippen LogP contribution in [0.25, 0.3) is 0 Å². The molecule has 0 aromatic carbocycles. The lowest BCUT2D eigenvalue weighted by molar-refractivity contribution is -0.141. The van der Waals surface area contributed by atoms with E-state index in [1.54, 1.807) is 17.8 Å². The van der Waals surface area contributed by atoms with Crippen molar-refractivity contribution in [3.8, 4) is 0 Å². The van der Waals surface area contributed by atoms with Crippen LogP contribution in [0.2, 0.25) is 0 Å². The van der Waals surface area contributed by atoms with Crippen LogP contribution in [0.5, 0.6) is 0 Å². The maximum atomic E-state index is 12.4. The van der Waals surface area contributed by atoms with E-state index in [1.807, 2.05) is 20.8 Å². The predicted molar refractivity (Wildman–Crippen MR) is 70.8 cm³/mol. The van der Waals surface area contributed by atoms with Crippen LogP contribution in [0.3, 0.4) is 0 Å². The second-order valence-electron chi connectivity index (χ2n) is 4.60. The SMILES string of the molecule is CCc1cc(C(=O)N(CC(=O)OC)C(C)C)n(C)n1. The molecule has 0 aliphatic heterocycles. The van der Waals surface area contributed by atoms with Crippen LogP contribution < -0.4 is 0 Å². The van der Waals surface area contributed by atoms with Crippen LogP contribution in [-0.2, 0) is 23.0 Å². The predicted octanol–water partition coefficient (Wildman–Crippen LogP) is 1.01. The highest BCUT2D eigenvalue weighted by atomic mass is 16.5. The Balaban J connectivity index is 2.98. The highest BCUT2D eigenvalue weighted by molar-refractivity contribution is 5.94. The molecule has 6 heteroatoms. The maximum Gasteiger partial charge on any atom is 0.325 e. The number of rotatable bonds is 5. The molecule has 1 heterocycles. The van der Waals surface area contributed by atoms with Gasteiger partial charge in [0, 0.05) is 13.1 Å². The Labute approximate surface area is 113 Å². The summed E-state index contributed by atoms with van der Waals surface area (Å²) in [5.41, 5.74) is 1.34. The van der Waals surface area contributed by atoms with E-state index in [-0.39, 0.29) is 18.5 Å². The van der Waals surface area contributed by atoms with Gasteiger partial charge in [0.25, 0.3) is 5.91 Å². The Kier molecular flexibility index (Phi) is 5.09. The van der Waals surface area contributed by atoms with Crippen LogP contribution in [-0.4, -0.2) is 46.3 Å². The first-order chi connectivity index (χ1) is 8.90. The zero-order chi connectivity index (χ0) is 14.6. The Morgan fingerprint density at radius 2 is 2.11 bits per heavy atom. The molecule has 1 aromatic rings. The molecule has 19 heavy (non-hydrogen) atoms. The summed E-state index contributed by atoms with van der Waals surface area (Å²) < 4.78 is 6.17. The second kappa shape index (κ2) is 6.36. The minimum absolute atomic E-state index is 0.0559. The fraction of sp³-hybridized carbons (Fsp3) is 0.615. The molecular formula is C13H21N3O3. The van der Waals surface area contributed by atoms with E-state index in [2.05, 4.69) is 9.84 Å². The summed E-state index contributed by atoms with van der Waals surface area (Å²) in [6.07, 6.45) is 0.764. The summed E-state index contributed by atoms with van der Waals surface area (Å²) in [6, 6.07) is 1.67. The Morgan fingerprint density at radius 1 is 1.47 bits per heavy atom. The lowest BCUT2D eigenvalue weighted by Crippen LogP contribution is -2.41. The molecule has 0 bridgehead atoms. The molecule has 0 saturated heterocycles. The van der Waals surface area contributed by atoms with Gasteiger partial charge in [0.2, 0.25) is 0 Å². The molecule has 0 aliphatic carbocycles. The number of methoxy groups -OCH3 is 1. The van der Waals surface area contributed by atoms with Gasteiger partial charge in [-0.3, -0.25) is 14.3 Å². The molecule has 0 N–H and O–H groups in total. The van der Waals surface area contributed by atoms with Gasteiger partial charge in [-0.1, -0.05) is 6.92 Å². The fourth-order valence-electron chi connectivity index (χ4n) is 1.74. The Morgan fingerprint density at radius 3 is 2.53 bits per heavy atom. The van der Waals surface area contributed by atoms with Crippen molar-refractivity contribution in [3.05, 3.63) is 17.5 Å². The van der Waals surface area contributed by atoms with E-state index in [4.69, 9.17) is 0 Å². The van der Waals surface area contributed by atoms with E-state index in [1.165, 1.54) is 12.0 Å². The van der Waals surface area contributed by atoms with Gasteiger partial charge in [-0.2, -0.15) is 5.10 Å². The summed E-state index contributed by atoms with van der Waals surface area (Å²) in [6.45, 7) is 5.64. The summed E-state index contributed by atoms with van der Waals surface area (Å²) in [7, 11) is 3.04. The van der Waals surface area contributed by atoms with E-state index < -0.39 is 5.97 Å². The fourth-order valence-corrected chi connectivity index (χ4v) is 1.74. The molecule has 1 rings (SSSR count). The highest BCUT2D eigenvalue weighted by Crippen LogP contribution is 2.10. The van der Waals surface area contributed by atoms with Gasteiger partial charge in [-0.05, 0) is 26.3 Å². The zero-order valence-electron chi connectivity index (χ0n) is 12.1. The van der Waals surface area contributed by atoms with Crippen molar-refractivity contribution in [1.82, 2.24) is 14.7 Å². The number of aryl methyl sites for hydroxylation is 2. The number of hydrogen-bond donors (Lipinski definition) is 0. The summed E-state index contributed by atoms with van der Waals surface area (Å²) in [4.78, 5) is 25.3. The summed E-state index contributed by atoms with van der Waals surface area (Å²) >= 11 is 0. The van der Waals surface area contributed by atoms with Crippen molar-refractivity contribution in [2.75, 3.05) is 13.7 Å². The lowest BCUT2D eigenvalue weighted by atomic mass is 10.2. The molecule has 1 amide bonds. The molecule has 1 aromatic heterocycles. The van der Waals surface area contributed by atoms with Crippen molar-refractivity contribution < 1.29 is 14.3 Å². The van der Waals surface area contributed by atoms with Crippen molar-refractivity contribution in [3.63, 3.8) is 0 Å². The van der Waals surface area contributed by atoms with Gasteiger partial charge in [0.15, 0.2) is 0 Å². The quantitative estimate of drug-likeness (QED) is 0.747. The van der Waals surface area contributed by atoms with Crippen molar-refractivity contribution in [2.45, 2.75) is 33.2 Å². The molecule has 6 nitrogen and oxygen atoms in total. The van der Waals surface area contributed by atoms with Crippen molar-refractivity contribution in [1.29, 1.82) is 0 Å². The van der Waals surface area contributed by atoms with Gasteiger partial charge >= 0.3 is 5.97 Å². The average Bonchev–Trinajstić information content (AvgIpc) is 2.75. The molecule has 0 spiro atoms. The highest BCUT2D eigenvalue weighted by Gasteiger charge is 2.24. The average molecular weight is 267 g/mol. The third-order valence-electron chi connectivity index (χ3n) is 2.92. The zero-order valence-corrected chi connectivity index (χ0v) is 12.1. The van der Waals surface area contributed by atoms with Crippen LogP contribution >= 0.6 is 0 Å². The molecule has 0 aliphatic rings. The number of carbonyl (C=O) groups excluding carboxylic acids is 2. The topological polar surface area (TPSA) is 64.4 Å². The van der Waals surface area contributed by atoms with Crippen molar-refractivity contribution >= 4 is 11.9 Å². The minimum Gasteiger partial charge on any atom is -0.468 e. The number of hydrogen-bond acceptors (Lipinski definition) is 4. The summed E-state index contributed by atoms with van der Waals surface area (Å²) in [5.74, 6) is -0.643. The van der Waals surface area contributed by atoms with Gasteiger partial charge in [0.1, 0.15) is 12.2 Å². The molecular weight excluding hydrogens is 246 g/mol. The first kappa shape index (κ1) is 15.2.